The number of carboxylic acids is 1. The van der Waals surface area contributed by atoms with Crippen molar-refractivity contribution in [1.82, 2.24) is 15.2 Å². The van der Waals surface area contributed by atoms with Crippen molar-refractivity contribution in [2.45, 2.75) is 13.0 Å². The molecule has 7 nitrogen and oxygen atoms in total. The molecule has 116 valence electrons. The highest BCUT2D eigenvalue weighted by Crippen LogP contribution is 2.15. The molecule has 1 aromatic carbocycles. The Labute approximate surface area is 126 Å². The Morgan fingerprint density at radius 1 is 1.00 bits per heavy atom. The van der Waals surface area contributed by atoms with Gasteiger partial charge in [-0.05, 0) is 17.5 Å². The number of carbonyl (C=O) groups excluding carboxylic acids is 2. The number of fused-ring (bicyclic) bond motifs is 1. The summed E-state index contributed by atoms with van der Waals surface area (Å²) in [7, 11) is 0. The molecule has 2 rings (SSSR count). The standard InChI is InChI=1S/C15H17N3O4/c19-13(16-9-14(20)17-10-15(21)22)6-8-18-7-5-11-3-1-2-4-12(11)18/h1-5,7H,6,8-10H2,(H,16,19)(H,17,20)(H,21,22). The summed E-state index contributed by atoms with van der Waals surface area (Å²) in [4.78, 5) is 33.2. The molecule has 0 bridgehead atoms. The van der Waals surface area contributed by atoms with Crippen LogP contribution in [0, 0.1) is 0 Å². The van der Waals surface area contributed by atoms with Crippen LogP contribution in [0.3, 0.4) is 0 Å². The number of nitrogens with one attached hydrogen (secondary N) is 2. The van der Waals surface area contributed by atoms with Crippen LogP contribution < -0.4 is 10.6 Å². The van der Waals surface area contributed by atoms with Gasteiger partial charge in [0.25, 0.3) is 0 Å². The summed E-state index contributed by atoms with van der Waals surface area (Å²) >= 11 is 0. The summed E-state index contributed by atoms with van der Waals surface area (Å²) in [6, 6.07) is 9.85. The molecule has 0 saturated heterocycles. The highest BCUT2D eigenvalue weighted by Gasteiger charge is 2.07. The Kier molecular flexibility index (Phi) is 5.13. The first-order valence-electron chi connectivity index (χ1n) is 6.85. The number of carboxylic acid groups (broad SMARTS) is 1. The van der Waals surface area contributed by atoms with Crippen molar-refractivity contribution < 1.29 is 19.5 Å². The number of aromatic nitrogens is 1. The lowest BCUT2D eigenvalue weighted by Crippen LogP contribution is -2.39. The molecule has 0 radical (unpaired) electrons. The van der Waals surface area contributed by atoms with Gasteiger partial charge in [-0.15, -0.1) is 0 Å². The number of rotatable bonds is 7. The molecule has 2 amide bonds. The SMILES string of the molecule is O=C(O)CNC(=O)CNC(=O)CCn1ccc2ccccc21. The van der Waals surface area contributed by atoms with Crippen molar-refractivity contribution in [2.24, 2.45) is 0 Å². The van der Waals surface area contributed by atoms with Crippen LogP contribution in [0.4, 0.5) is 0 Å². The summed E-state index contributed by atoms with van der Waals surface area (Å²) in [6.07, 6.45) is 2.16. The number of amides is 2. The van der Waals surface area contributed by atoms with E-state index < -0.39 is 18.4 Å². The Morgan fingerprint density at radius 2 is 1.73 bits per heavy atom. The van der Waals surface area contributed by atoms with Gasteiger partial charge < -0.3 is 20.3 Å². The van der Waals surface area contributed by atoms with Gasteiger partial charge in [-0.1, -0.05) is 18.2 Å². The molecular weight excluding hydrogens is 286 g/mol. The molecule has 0 unspecified atom stereocenters. The fraction of sp³-hybridized carbons (Fsp3) is 0.267. The van der Waals surface area contributed by atoms with Gasteiger partial charge in [0.2, 0.25) is 11.8 Å². The second kappa shape index (κ2) is 7.26. The van der Waals surface area contributed by atoms with Gasteiger partial charge in [-0.25, -0.2) is 0 Å². The molecule has 0 aliphatic heterocycles. The van der Waals surface area contributed by atoms with Crippen LogP contribution in [0.2, 0.25) is 0 Å². The van der Waals surface area contributed by atoms with Gasteiger partial charge in [0, 0.05) is 24.7 Å². The third kappa shape index (κ3) is 4.34. The van der Waals surface area contributed by atoms with E-state index in [9.17, 15) is 14.4 Å². The van der Waals surface area contributed by atoms with Gasteiger partial charge >= 0.3 is 5.97 Å². The van der Waals surface area contributed by atoms with Crippen LogP contribution in [-0.2, 0) is 20.9 Å². The number of benzene rings is 1. The Morgan fingerprint density at radius 3 is 2.50 bits per heavy atom. The molecule has 3 N–H and O–H groups in total. The van der Waals surface area contributed by atoms with E-state index in [2.05, 4.69) is 10.6 Å². The molecule has 22 heavy (non-hydrogen) atoms. The van der Waals surface area contributed by atoms with Crippen molar-refractivity contribution >= 4 is 28.7 Å². The topological polar surface area (TPSA) is 100 Å². The number of aryl methyl sites for hydroxylation is 1. The average molecular weight is 303 g/mol. The normalized spacial score (nSPS) is 10.4. The van der Waals surface area contributed by atoms with Crippen molar-refractivity contribution in [3.63, 3.8) is 0 Å². The number of hydrogen-bond acceptors (Lipinski definition) is 3. The van der Waals surface area contributed by atoms with Crippen molar-refractivity contribution in [3.8, 4) is 0 Å². The van der Waals surface area contributed by atoms with Gasteiger partial charge in [0.15, 0.2) is 0 Å². The van der Waals surface area contributed by atoms with Crippen LogP contribution in [0.5, 0.6) is 0 Å². The first-order chi connectivity index (χ1) is 10.6. The molecular formula is C15H17N3O4. The quantitative estimate of drug-likeness (QED) is 0.687. The zero-order chi connectivity index (χ0) is 15.9. The summed E-state index contributed by atoms with van der Waals surface area (Å²) < 4.78 is 1.97. The van der Waals surface area contributed by atoms with Gasteiger partial charge in [-0.2, -0.15) is 0 Å². The Bertz CT molecular complexity index is 693. The van der Waals surface area contributed by atoms with E-state index in [4.69, 9.17) is 5.11 Å². The molecule has 1 aromatic heterocycles. The van der Waals surface area contributed by atoms with E-state index in [0.29, 0.717) is 6.54 Å². The molecule has 0 aliphatic rings. The molecule has 0 saturated carbocycles. The minimum absolute atomic E-state index is 0.224. The van der Waals surface area contributed by atoms with Gasteiger partial charge in [0.1, 0.15) is 6.54 Å². The lowest BCUT2D eigenvalue weighted by molar-refractivity contribution is -0.137. The van der Waals surface area contributed by atoms with Gasteiger partial charge in [-0.3, -0.25) is 14.4 Å². The first kappa shape index (κ1) is 15.6. The monoisotopic (exact) mass is 303 g/mol. The number of para-hydroxylation sites is 1. The molecule has 0 aliphatic carbocycles. The van der Waals surface area contributed by atoms with Crippen LogP contribution in [0.25, 0.3) is 10.9 Å². The molecule has 0 spiro atoms. The third-order valence-electron chi connectivity index (χ3n) is 3.14. The number of aliphatic carboxylic acids is 1. The number of hydrogen-bond donors (Lipinski definition) is 3. The Hall–Kier alpha value is -2.83. The fourth-order valence-corrected chi connectivity index (χ4v) is 2.06. The Balaban J connectivity index is 1.76. The second-order valence-corrected chi connectivity index (χ2v) is 4.77. The maximum atomic E-state index is 11.7. The highest BCUT2D eigenvalue weighted by molar-refractivity contribution is 5.86. The zero-order valence-electron chi connectivity index (χ0n) is 11.9. The lowest BCUT2D eigenvalue weighted by Gasteiger charge is -2.07. The maximum Gasteiger partial charge on any atom is 0.322 e. The largest absolute Gasteiger partial charge is 0.480 e. The van der Waals surface area contributed by atoms with E-state index in [1.807, 2.05) is 41.1 Å². The van der Waals surface area contributed by atoms with Crippen LogP contribution in [0.1, 0.15) is 6.42 Å². The lowest BCUT2D eigenvalue weighted by atomic mass is 10.2. The predicted molar refractivity (Wildman–Crippen MR) is 80.2 cm³/mol. The van der Waals surface area contributed by atoms with Crippen LogP contribution in [-0.4, -0.2) is 40.5 Å². The number of nitrogens with zero attached hydrogens (tertiary/aromatic N) is 1. The zero-order valence-corrected chi connectivity index (χ0v) is 11.9. The van der Waals surface area contributed by atoms with Crippen LogP contribution in [0.15, 0.2) is 36.5 Å². The first-order valence-corrected chi connectivity index (χ1v) is 6.85. The van der Waals surface area contributed by atoms with Crippen LogP contribution >= 0.6 is 0 Å². The van der Waals surface area contributed by atoms with E-state index in [0.717, 1.165) is 10.9 Å². The molecule has 0 atom stereocenters. The fourth-order valence-electron chi connectivity index (χ4n) is 2.06. The molecule has 1 heterocycles. The highest BCUT2D eigenvalue weighted by atomic mass is 16.4. The van der Waals surface area contributed by atoms with E-state index in [-0.39, 0.29) is 18.9 Å². The average Bonchev–Trinajstić information content (AvgIpc) is 2.92. The minimum atomic E-state index is -1.13. The smallest absolute Gasteiger partial charge is 0.322 e. The minimum Gasteiger partial charge on any atom is -0.480 e. The van der Waals surface area contributed by atoms with E-state index >= 15 is 0 Å². The molecule has 2 aromatic rings. The summed E-state index contributed by atoms with van der Waals surface area (Å²) in [5.41, 5.74) is 1.05. The number of carbonyl (C=O) groups is 3. The molecule has 7 heteroatoms. The van der Waals surface area contributed by atoms with Crippen molar-refractivity contribution in [2.75, 3.05) is 13.1 Å². The summed E-state index contributed by atoms with van der Waals surface area (Å²) in [5.74, 6) is -1.91. The molecule has 0 fully saturated rings. The second-order valence-electron chi connectivity index (χ2n) is 4.77. The van der Waals surface area contributed by atoms with E-state index in [1.54, 1.807) is 0 Å². The van der Waals surface area contributed by atoms with Crippen molar-refractivity contribution in [3.05, 3.63) is 36.5 Å². The summed E-state index contributed by atoms with van der Waals surface area (Å²) in [5, 5.41) is 14.2. The summed E-state index contributed by atoms with van der Waals surface area (Å²) in [6.45, 7) is -0.168. The third-order valence-corrected chi connectivity index (χ3v) is 3.14. The van der Waals surface area contributed by atoms with Gasteiger partial charge in [0.05, 0.1) is 6.54 Å². The maximum absolute atomic E-state index is 11.7. The predicted octanol–water partition coefficient (Wildman–Crippen LogP) is 0.348. The van der Waals surface area contributed by atoms with Crippen molar-refractivity contribution in [1.29, 1.82) is 0 Å². The van der Waals surface area contributed by atoms with E-state index in [1.165, 1.54) is 0 Å².